The Labute approximate surface area is 175 Å². The predicted molar refractivity (Wildman–Crippen MR) is 109 cm³/mol. The molecule has 1 saturated heterocycles. The monoisotopic (exact) mass is 410 g/mol. The summed E-state index contributed by atoms with van der Waals surface area (Å²) in [7, 11) is 0. The van der Waals surface area contributed by atoms with Gasteiger partial charge in [0.05, 0.1) is 0 Å². The highest BCUT2D eigenvalue weighted by molar-refractivity contribution is 5.92. The first kappa shape index (κ1) is 19.0. The molecule has 2 unspecified atom stereocenters. The van der Waals surface area contributed by atoms with Crippen molar-refractivity contribution in [2.45, 2.75) is 44.9 Å². The number of hydrogen-bond acceptors (Lipinski definition) is 5. The molecule has 2 aromatic rings. The Balaban J connectivity index is 1.21. The highest BCUT2D eigenvalue weighted by Crippen LogP contribution is 2.34. The van der Waals surface area contributed by atoms with Crippen molar-refractivity contribution in [3.8, 4) is 11.5 Å². The van der Waals surface area contributed by atoms with Crippen LogP contribution in [0.3, 0.4) is 0 Å². The summed E-state index contributed by atoms with van der Waals surface area (Å²) in [6.07, 6.45) is 2.19. The summed E-state index contributed by atoms with van der Waals surface area (Å²) < 4.78 is 13.8. The second-order valence-corrected chi connectivity index (χ2v) is 8.13. The van der Waals surface area contributed by atoms with Gasteiger partial charge < -0.3 is 19.3 Å². The van der Waals surface area contributed by atoms with Gasteiger partial charge in [0.25, 0.3) is 11.8 Å². The predicted octanol–water partition coefficient (Wildman–Crippen LogP) is 1.73. The number of benzene rings is 1. The minimum Gasteiger partial charge on any atom is -0.482 e. The number of nitrogens with zero attached hydrogens (tertiary/aromatic N) is 4. The number of hydrogen-bond donors (Lipinski definition) is 0. The van der Waals surface area contributed by atoms with Gasteiger partial charge in [-0.05, 0) is 44.4 Å². The summed E-state index contributed by atoms with van der Waals surface area (Å²) in [6.45, 7) is 4.67. The molecule has 3 aliphatic heterocycles. The van der Waals surface area contributed by atoms with Crippen LogP contribution in [0.25, 0.3) is 0 Å². The minimum absolute atomic E-state index is 0.0523. The fourth-order valence-electron chi connectivity index (χ4n) is 4.39. The topological polar surface area (TPSA) is 76.9 Å². The van der Waals surface area contributed by atoms with Crippen LogP contribution >= 0.6 is 0 Å². The Morgan fingerprint density at radius 1 is 0.967 bits per heavy atom. The number of rotatable bonds is 2. The van der Waals surface area contributed by atoms with Crippen molar-refractivity contribution in [2.75, 3.05) is 26.2 Å². The van der Waals surface area contributed by atoms with Crippen molar-refractivity contribution in [2.24, 2.45) is 0 Å². The Morgan fingerprint density at radius 3 is 2.40 bits per heavy atom. The lowest BCUT2D eigenvalue weighted by molar-refractivity contribution is -0.145. The number of piperazine rings is 1. The van der Waals surface area contributed by atoms with Crippen molar-refractivity contribution in [3.05, 3.63) is 41.7 Å². The van der Waals surface area contributed by atoms with E-state index in [2.05, 4.69) is 5.10 Å². The van der Waals surface area contributed by atoms with Crippen LogP contribution in [0.1, 0.15) is 35.9 Å². The van der Waals surface area contributed by atoms with Gasteiger partial charge in [0, 0.05) is 38.4 Å². The van der Waals surface area contributed by atoms with Gasteiger partial charge in [-0.25, -0.2) is 0 Å². The summed E-state index contributed by atoms with van der Waals surface area (Å²) >= 11 is 0. The average molecular weight is 410 g/mol. The van der Waals surface area contributed by atoms with Crippen LogP contribution in [0, 0.1) is 0 Å². The molecule has 158 valence electrons. The number of carbonyl (C=O) groups is 2. The van der Waals surface area contributed by atoms with Gasteiger partial charge in [-0.3, -0.25) is 14.3 Å². The molecular weight excluding hydrogens is 384 g/mol. The molecule has 2 atom stereocenters. The molecule has 4 heterocycles. The summed E-state index contributed by atoms with van der Waals surface area (Å²) in [5.74, 6) is 1.10. The van der Waals surface area contributed by atoms with E-state index in [9.17, 15) is 9.59 Å². The molecule has 0 spiro atoms. The summed E-state index contributed by atoms with van der Waals surface area (Å²) in [6, 6.07) is 9.31. The average Bonchev–Trinajstić information content (AvgIpc) is 3.22. The lowest BCUT2D eigenvalue weighted by Crippen LogP contribution is -2.56. The van der Waals surface area contributed by atoms with E-state index >= 15 is 0 Å². The molecule has 0 radical (unpaired) electrons. The van der Waals surface area contributed by atoms with Gasteiger partial charge in [0.15, 0.2) is 17.2 Å². The maximum Gasteiger partial charge on any atom is 0.274 e. The van der Waals surface area contributed by atoms with Crippen molar-refractivity contribution < 1.29 is 19.1 Å². The van der Waals surface area contributed by atoms with E-state index in [0.717, 1.165) is 31.5 Å². The summed E-state index contributed by atoms with van der Waals surface area (Å²) in [4.78, 5) is 29.5. The smallest absolute Gasteiger partial charge is 0.274 e. The van der Waals surface area contributed by atoms with Crippen LogP contribution in [0.5, 0.6) is 11.5 Å². The summed E-state index contributed by atoms with van der Waals surface area (Å²) in [5, 5.41) is 4.49. The van der Waals surface area contributed by atoms with Gasteiger partial charge in [0.1, 0.15) is 6.10 Å². The zero-order valence-electron chi connectivity index (χ0n) is 17.1. The fraction of sp³-hybridized carbons (Fsp3) is 0.500. The highest BCUT2D eigenvalue weighted by Gasteiger charge is 2.38. The first-order valence-corrected chi connectivity index (χ1v) is 10.7. The second kappa shape index (κ2) is 7.66. The molecule has 0 bridgehead atoms. The van der Waals surface area contributed by atoms with Crippen LogP contribution < -0.4 is 9.47 Å². The number of aryl methyl sites for hydroxylation is 2. The maximum absolute atomic E-state index is 13.1. The molecular formula is C22H26N4O4. The van der Waals surface area contributed by atoms with Crippen LogP contribution in [0.15, 0.2) is 30.3 Å². The van der Waals surface area contributed by atoms with Crippen LogP contribution in [0.2, 0.25) is 0 Å². The number of para-hydroxylation sites is 2. The van der Waals surface area contributed by atoms with E-state index in [1.165, 1.54) is 0 Å². The van der Waals surface area contributed by atoms with E-state index < -0.39 is 6.10 Å². The molecule has 8 nitrogen and oxygen atoms in total. The lowest BCUT2D eigenvalue weighted by atomic mass is 10.1. The Morgan fingerprint density at radius 2 is 1.67 bits per heavy atom. The zero-order chi connectivity index (χ0) is 20.7. The first-order valence-electron chi connectivity index (χ1n) is 10.7. The normalized spacial score (nSPS) is 23.1. The molecule has 1 aromatic heterocycles. The standard InChI is InChI=1S/C22H26N4O4/c1-15-20(30-19-8-3-2-7-18(19)29-15)22(28)25-12-10-24(11-13-25)21(27)17-14-16-6-4-5-9-26(16)23-17/h2-3,7-8,14-15,20H,4-6,9-13H2,1H3. The maximum atomic E-state index is 13.1. The van der Waals surface area contributed by atoms with Gasteiger partial charge in [-0.1, -0.05) is 12.1 Å². The Bertz CT molecular complexity index is 940. The highest BCUT2D eigenvalue weighted by atomic mass is 16.6. The van der Waals surface area contributed by atoms with Crippen LogP contribution in [-0.4, -0.2) is 69.8 Å². The lowest BCUT2D eigenvalue weighted by Gasteiger charge is -2.38. The third-order valence-corrected chi connectivity index (χ3v) is 6.10. The van der Waals surface area contributed by atoms with E-state index in [1.807, 2.05) is 41.9 Å². The van der Waals surface area contributed by atoms with E-state index in [-0.39, 0.29) is 17.9 Å². The second-order valence-electron chi connectivity index (χ2n) is 8.13. The molecule has 0 saturated carbocycles. The minimum atomic E-state index is -0.679. The molecule has 1 aromatic carbocycles. The fourth-order valence-corrected chi connectivity index (χ4v) is 4.39. The Hall–Kier alpha value is -3.03. The molecule has 3 aliphatic rings. The summed E-state index contributed by atoms with van der Waals surface area (Å²) in [5.41, 5.74) is 1.66. The molecule has 2 amide bonds. The molecule has 8 heteroatoms. The molecule has 0 aliphatic carbocycles. The molecule has 1 fully saturated rings. The number of aromatic nitrogens is 2. The zero-order valence-corrected chi connectivity index (χ0v) is 17.1. The molecule has 30 heavy (non-hydrogen) atoms. The quantitative estimate of drug-likeness (QED) is 0.754. The number of ether oxygens (including phenoxy) is 2. The number of amides is 2. The third kappa shape index (κ3) is 3.40. The van der Waals surface area contributed by atoms with E-state index in [1.54, 1.807) is 9.80 Å². The number of carbonyl (C=O) groups excluding carboxylic acids is 2. The van der Waals surface area contributed by atoms with E-state index in [4.69, 9.17) is 9.47 Å². The SMILES string of the molecule is CC1Oc2ccccc2OC1C(=O)N1CCN(C(=O)c2cc3n(n2)CCCC3)CC1. The van der Waals surface area contributed by atoms with Gasteiger partial charge in [-0.15, -0.1) is 0 Å². The number of fused-ring (bicyclic) bond motifs is 2. The van der Waals surface area contributed by atoms with E-state index in [0.29, 0.717) is 43.4 Å². The molecule has 0 N–H and O–H groups in total. The van der Waals surface area contributed by atoms with Gasteiger partial charge >= 0.3 is 0 Å². The first-order chi connectivity index (χ1) is 14.6. The largest absolute Gasteiger partial charge is 0.482 e. The van der Waals surface area contributed by atoms with Gasteiger partial charge in [-0.2, -0.15) is 5.10 Å². The third-order valence-electron chi connectivity index (χ3n) is 6.10. The van der Waals surface area contributed by atoms with Crippen molar-refractivity contribution in [1.82, 2.24) is 19.6 Å². The Kier molecular flexibility index (Phi) is 4.84. The molecule has 5 rings (SSSR count). The van der Waals surface area contributed by atoms with Crippen molar-refractivity contribution in [3.63, 3.8) is 0 Å². The van der Waals surface area contributed by atoms with Crippen molar-refractivity contribution in [1.29, 1.82) is 0 Å². The van der Waals surface area contributed by atoms with Crippen LogP contribution in [0.4, 0.5) is 0 Å². The van der Waals surface area contributed by atoms with Crippen molar-refractivity contribution >= 4 is 11.8 Å². The van der Waals surface area contributed by atoms with Gasteiger partial charge in [0.2, 0.25) is 6.10 Å². The van der Waals surface area contributed by atoms with Crippen LogP contribution in [-0.2, 0) is 17.8 Å².